The van der Waals surface area contributed by atoms with Gasteiger partial charge in [-0.05, 0) is 73.0 Å². The van der Waals surface area contributed by atoms with Gasteiger partial charge in [0.05, 0.1) is 0 Å². The third-order valence-corrected chi connectivity index (χ3v) is 4.36. The van der Waals surface area contributed by atoms with Crippen LogP contribution in [0.5, 0.6) is 0 Å². The number of rotatable bonds is 13. The summed E-state index contributed by atoms with van der Waals surface area (Å²) in [5.74, 6) is -2.38. The maximum absolute atomic E-state index is 12.3. The second-order valence-electron chi connectivity index (χ2n) is 7.01. The number of carbonyl (C=O) groups excluding carboxylic acids is 1. The number of carboxylic acids is 2. The van der Waals surface area contributed by atoms with Gasteiger partial charge < -0.3 is 19.8 Å². The fourth-order valence-electron chi connectivity index (χ4n) is 2.33. The van der Waals surface area contributed by atoms with E-state index in [1.54, 1.807) is 19.9 Å². The molecule has 0 unspecified atom stereocenters. The van der Waals surface area contributed by atoms with Crippen molar-refractivity contribution in [2.45, 2.75) is 52.9 Å². The van der Waals surface area contributed by atoms with E-state index in [0.717, 1.165) is 37.8 Å². The number of hydrogen-bond acceptors (Lipinski definition) is 5. The van der Waals surface area contributed by atoms with E-state index in [4.69, 9.17) is 14.9 Å². The van der Waals surface area contributed by atoms with Gasteiger partial charge in [0.2, 0.25) is 0 Å². The summed E-state index contributed by atoms with van der Waals surface area (Å²) in [6.45, 7) is 5.48. The molecule has 7 nitrogen and oxygen atoms in total. The number of carboxylic acid groups (broad SMARTS) is 2. The topological polar surface area (TPSA) is 104 Å². The molecule has 0 radical (unpaired) electrons. The van der Waals surface area contributed by atoms with Crippen LogP contribution in [0.15, 0.2) is 34.4 Å². The van der Waals surface area contributed by atoms with Crippen molar-refractivity contribution in [1.82, 2.24) is 4.90 Å². The van der Waals surface area contributed by atoms with Gasteiger partial charge in [0.25, 0.3) is 0 Å². The number of nitrogens with zero attached hydrogens (tertiary/aromatic N) is 1. The minimum Gasteiger partial charge on any atom is -0.478 e. The molecule has 0 rings (SSSR count). The maximum Gasteiger partial charge on any atom is 0.333 e. The van der Waals surface area contributed by atoms with Gasteiger partial charge in [0.1, 0.15) is 6.61 Å². The molecule has 0 aromatic heterocycles. The molecule has 0 bridgehead atoms. The minimum atomic E-state index is -1.04. The summed E-state index contributed by atoms with van der Waals surface area (Å²) in [4.78, 5) is 35.9. The van der Waals surface area contributed by atoms with Gasteiger partial charge in [-0.15, -0.1) is 0 Å². The molecule has 0 aliphatic rings. The van der Waals surface area contributed by atoms with Gasteiger partial charge in [0.15, 0.2) is 0 Å². The van der Waals surface area contributed by atoms with Crippen LogP contribution in [0.1, 0.15) is 52.9 Å². The summed E-state index contributed by atoms with van der Waals surface area (Å²) < 4.78 is 5.17. The Balaban J connectivity index is 4.86. The van der Waals surface area contributed by atoms with Crippen LogP contribution in [0.3, 0.4) is 0 Å². The summed E-state index contributed by atoms with van der Waals surface area (Å²) in [5.41, 5.74) is 2.04. The fourth-order valence-corrected chi connectivity index (χ4v) is 2.33. The highest BCUT2D eigenvalue weighted by Gasteiger charge is 2.13. The third kappa shape index (κ3) is 11.3. The summed E-state index contributed by atoms with van der Waals surface area (Å²) in [5, 5.41) is 17.7. The first-order valence-corrected chi connectivity index (χ1v) is 9.36. The lowest BCUT2D eigenvalue weighted by Gasteiger charge is -2.15. The molecule has 0 spiro atoms. The average molecular weight is 395 g/mol. The first-order valence-electron chi connectivity index (χ1n) is 9.36. The van der Waals surface area contributed by atoms with Crippen LogP contribution < -0.4 is 0 Å². The summed E-state index contributed by atoms with van der Waals surface area (Å²) >= 11 is 0. The van der Waals surface area contributed by atoms with Gasteiger partial charge in [-0.2, -0.15) is 0 Å². The Hall–Kier alpha value is -2.41. The second-order valence-corrected chi connectivity index (χ2v) is 7.01. The van der Waals surface area contributed by atoms with Crippen molar-refractivity contribution >= 4 is 17.9 Å². The van der Waals surface area contributed by atoms with E-state index in [1.807, 2.05) is 19.0 Å². The Morgan fingerprint density at radius 2 is 1.46 bits per heavy atom. The zero-order valence-electron chi connectivity index (χ0n) is 17.6. The number of aliphatic carboxylic acids is 2. The van der Waals surface area contributed by atoms with Gasteiger partial charge >= 0.3 is 17.9 Å². The molecule has 0 aliphatic heterocycles. The molecule has 0 aliphatic carbocycles. The zero-order valence-corrected chi connectivity index (χ0v) is 17.6. The van der Waals surface area contributed by atoms with Gasteiger partial charge in [-0.25, -0.2) is 14.4 Å². The van der Waals surface area contributed by atoms with Crippen molar-refractivity contribution in [3.8, 4) is 0 Å². The molecule has 0 saturated carbocycles. The molecule has 2 N–H and O–H groups in total. The van der Waals surface area contributed by atoms with Crippen LogP contribution in [-0.2, 0) is 19.1 Å². The molecule has 0 saturated heterocycles. The van der Waals surface area contributed by atoms with Crippen molar-refractivity contribution < 1.29 is 29.3 Å². The van der Waals surface area contributed by atoms with E-state index >= 15 is 0 Å². The predicted octanol–water partition coefficient (Wildman–Crippen LogP) is 3.42. The molecule has 0 heterocycles. The summed E-state index contributed by atoms with van der Waals surface area (Å²) in [6.07, 6.45) is 6.91. The van der Waals surface area contributed by atoms with Crippen molar-refractivity contribution in [1.29, 1.82) is 0 Å². The number of unbranched alkanes of at least 4 members (excludes halogenated alkanes) is 2. The summed E-state index contributed by atoms with van der Waals surface area (Å²) in [7, 11) is 3.93. The quantitative estimate of drug-likeness (QED) is 0.280. The number of ether oxygens (including phenoxy) is 1. The van der Waals surface area contributed by atoms with Crippen LogP contribution in [0.25, 0.3) is 0 Å². The molecule has 28 heavy (non-hydrogen) atoms. The molecular formula is C21H33NO6. The normalized spacial score (nSPS) is 13.4. The number of carbonyl (C=O) groups is 3. The highest BCUT2D eigenvalue weighted by Crippen LogP contribution is 2.19. The minimum absolute atomic E-state index is 0.0749. The molecule has 7 heteroatoms. The lowest BCUT2D eigenvalue weighted by atomic mass is 9.99. The van der Waals surface area contributed by atoms with Crippen molar-refractivity contribution in [3.05, 3.63) is 34.4 Å². The van der Waals surface area contributed by atoms with Crippen LogP contribution in [0.4, 0.5) is 0 Å². The van der Waals surface area contributed by atoms with Gasteiger partial charge in [0, 0.05) is 23.3 Å². The van der Waals surface area contributed by atoms with E-state index in [2.05, 4.69) is 0 Å². The molecule has 0 amide bonds. The molecule has 0 aromatic rings. The number of esters is 1. The first kappa shape index (κ1) is 25.6. The predicted molar refractivity (Wildman–Crippen MR) is 108 cm³/mol. The number of hydrogen-bond donors (Lipinski definition) is 2. The van der Waals surface area contributed by atoms with E-state index < -0.39 is 17.9 Å². The van der Waals surface area contributed by atoms with Crippen molar-refractivity contribution in [2.24, 2.45) is 0 Å². The van der Waals surface area contributed by atoms with Crippen LogP contribution in [-0.4, -0.2) is 60.3 Å². The molecule has 0 fully saturated rings. The zero-order chi connectivity index (χ0) is 21.7. The van der Waals surface area contributed by atoms with E-state index in [1.165, 1.54) is 13.0 Å². The van der Waals surface area contributed by atoms with Gasteiger partial charge in [-0.1, -0.05) is 11.6 Å². The van der Waals surface area contributed by atoms with Crippen LogP contribution in [0.2, 0.25) is 0 Å². The van der Waals surface area contributed by atoms with E-state index in [-0.39, 0.29) is 12.2 Å². The lowest BCUT2D eigenvalue weighted by Crippen LogP contribution is -2.16. The monoisotopic (exact) mass is 395 g/mol. The fraction of sp³-hybridized carbons (Fsp3) is 0.571. The standard InChI is InChI=1S/C21H33NO6/c1-15(19(23)24)9-7-6-8-10-18(11-13-22(4)5)17(3)21(27)28-14-12-16(2)20(25)26/h9,12H,6-8,10-11,13-14H2,1-5H3,(H,23,24)(H,25,26). The van der Waals surface area contributed by atoms with E-state index in [0.29, 0.717) is 17.6 Å². The van der Waals surface area contributed by atoms with Crippen molar-refractivity contribution in [3.63, 3.8) is 0 Å². The smallest absolute Gasteiger partial charge is 0.333 e. The lowest BCUT2D eigenvalue weighted by molar-refractivity contribution is -0.138. The maximum atomic E-state index is 12.3. The Morgan fingerprint density at radius 3 is 2.00 bits per heavy atom. The average Bonchev–Trinajstić information content (AvgIpc) is 2.62. The highest BCUT2D eigenvalue weighted by molar-refractivity contribution is 5.89. The molecule has 0 atom stereocenters. The Morgan fingerprint density at radius 1 is 0.893 bits per heavy atom. The Bertz CT molecular complexity index is 643. The van der Waals surface area contributed by atoms with Crippen LogP contribution >= 0.6 is 0 Å². The number of allylic oxidation sites excluding steroid dienone is 1. The van der Waals surface area contributed by atoms with E-state index in [9.17, 15) is 14.4 Å². The highest BCUT2D eigenvalue weighted by atomic mass is 16.5. The van der Waals surface area contributed by atoms with Crippen LogP contribution in [0, 0.1) is 0 Å². The molecular weight excluding hydrogens is 362 g/mol. The van der Waals surface area contributed by atoms with Crippen molar-refractivity contribution in [2.75, 3.05) is 27.2 Å². The SMILES string of the molecule is CC(=CCCCCC(CCN(C)C)=C(C)C(=O)OCC=C(C)C(=O)O)C(=O)O. The Kier molecular flexibility index (Phi) is 12.5. The molecule has 158 valence electrons. The Labute approximate surface area is 167 Å². The third-order valence-electron chi connectivity index (χ3n) is 4.36. The largest absolute Gasteiger partial charge is 0.478 e. The molecule has 0 aromatic carbocycles. The first-order chi connectivity index (χ1) is 13.1. The van der Waals surface area contributed by atoms with Gasteiger partial charge in [-0.3, -0.25) is 0 Å². The second kappa shape index (κ2) is 13.7. The summed E-state index contributed by atoms with van der Waals surface area (Å²) in [6, 6.07) is 0.